The normalized spacial score (nSPS) is 19.5. The number of aromatic nitrogens is 2. The fourth-order valence-corrected chi connectivity index (χ4v) is 2.11. The quantitative estimate of drug-likeness (QED) is 0.620. The number of ether oxygens (including phenoxy) is 2. The Labute approximate surface area is 139 Å². The van der Waals surface area contributed by atoms with Crippen molar-refractivity contribution in [2.45, 2.75) is 52.0 Å². The summed E-state index contributed by atoms with van der Waals surface area (Å²) in [7, 11) is 0. The van der Waals surface area contributed by atoms with Gasteiger partial charge < -0.3 is 20.3 Å². The summed E-state index contributed by atoms with van der Waals surface area (Å²) in [5.74, 6) is -0.522. The predicted octanol–water partition coefficient (Wildman–Crippen LogP) is -0.375. The Morgan fingerprint density at radius 2 is 2.12 bits per heavy atom. The van der Waals surface area contributed by atoms with Crippen LogP contribution >= 0.6 is 0 Å². The fourth-order valence-electron chi connectivity index (χ4n) is 2.11. The Kier molecular flexibility index (Phi) is 8.37. The summed E-state index contributed by atoms with van der Waals surface area (Å²) in [6, 6.07) is 0. The van der Waals surface area contributed by atoms with Gasteiger partial charge in [0.15, 0.2) is 0 Å². The Morgan fingerprint density at radius 3 is 2.71 bits per heavy atom. The highest BCUT2D eigenvalue weighted by atomic mass is 16.6. The van der Waals surface area contributed by atoms with Gasteiger partial charge in [0.25, 0.3) is 5.56 Å². The van der Waals surface area contributed by atoms with Crippen LogP contribution in [0.15, 0.2) is 15.8 Å². The molecule has 0 aromatic carbocycles. The molecule has 1 aliphatic heterocycles. The predicted molar refractivity (Wildman–Crippen MR) is 86.4 cm³/mol. The summed E-state index contributed by atoms with van der Waals surface area (Å²) < 4.78 is 11.7. The number of carbonyl (C=O) groups excluding carboxylic acids is 1. The van der Waals surface area contributed by atoms with E-state index in [9.17, 15) is 14.4 Å². The van der Waals surface area contributed by atoms with Crippen molar-refractivity contribution in [1.82, 2.24) is 9.55 Å². The van der Waals surface area contributed by atoms with Gasteiger partial charge in [-0.2, -0.15) is 0 Å². The lowest BCUT2D eigenvalue weighted by molar-refractivity contribution is -0.146. The van der Waals surface area contributed by atoms with Crippen LogP contribution in [0.4, 0.5) is 0 Å². The molecule has 0 saturated carbocycles. The van der Waals surface area contributed by atoms with Crippen molar-refractivity contribution in [2.75, 3.05) is 13.2 Å². The third-order valence-corrected chi connectivity index (χ3v) is 3.20. The molecule has 0 spiro atoms. The maximum Gasteiger partial charge on any atom is 0.330 e. The number of carbonyl (C=O) groups is 1. The summed E-state index contributed by atoms with van der Waals surface area (Å²) in [6.07, 6.45) is 2.76. The molecule has 2 unspecified atom stereocenters. The smallest absolute Gasteiger partial charge is 0.330 e. The molecule has 2 rings (SSSR count). The van der Waals surface area contributed by atoms with Crippen molar-refractivity contribution in [3.8, 4) is 0 Å². The van der Waals surface area contributed by atoms with E-state index in [1.807, 2.05) is 0 Å². The zero-order valence-corrected chi connectivity index (χ0v) is 14.0. The summed E-state index contributed by atoms with van der Waals surface area (Å²) in [5.41, 5.74) is 3.97. The number of hydrogen-bond acceptors (Lipinski definition) is 7. The van der Waals surface area contributed by atoms with Crippen molar-refractivity contribution in [2.24, 2.45) is 5.73 Å². The number of aliphatic hydroxyl groups is 1. The van der Waals surface area contributed by atoms with Crippen molar-refractivity contribution >= 4 is 5.97 Å². The zero-order valence-electron chi connectivity index (χ0n) is 14.0. The topological polar surface area (TPSA) is 137 Å². The van der Waals surface area contributed by atoms with E-state index < -0.39 is 30.1 Å². The van der Waals surface area contributed by atoms with Crippen LogP contribution in [-0.2, 0) is 20.9 Å². The number of hydrogen-bond donors (Lipinski definition) is 3. The molecule has 1 aromatic rings. The number of rotatable bonds is 5. The van der Waals surface area contributed by atoms with Gasteiger partial charge >= 0.3 is 11.7 Å². The van der Waals surface area contributed by atoms with Gasteiger partial charge in [0.2, 0.25) is 0 Å². The molecular weight excluding hydrogens is 318 g/mol. The molecule has 136 valence electrons. The number of nitrogens with one attached hydrogen (secondary N) is 1. The zero-order chi connectivity index (χ0) is 18.1. The first-order chi connectivity index (χ1) is 11.5. The van der Waals surface area contributed by atoms with E-state index in [-0.39, 0.29) is 24.8 Å². The molecule has 2 atom stereocenters. The molecule has 1 aromatic heterocycles. The van der Waals surface area contributed by atoms with Crippen LogP contribution in [0.5, 0.6) is 0 Å². The Hall–Kier alpha value is -1.97. The van der Waals surface area contributed by atoms with Crippen LogP contribution in [0, 0.1) is 0 Å². The summed E-state index contributed by atoms with van der Waals surface area (Å²) in [6.45, 7) is 3.65. The lowest BCUT2D eigenvalue weighted by Crippen LogP contribution is -2.34. The largest absolute Gasteiger partial charge is 0.462 e. The first-order valence-corrected chi connectivity index (χ1v) is 7.93. The molecule has 1 saturated heterocycles. The molecule has 9 heteroatoms. The fraction of sp³-hybridized carbons (Fsp3) is 0.667. The third-order valence-electron chi connectivity index (χ3n) is 3.20. The van der Waals surface area contributed by atoms with Gasteiger partial charge in [-0.05, 0) is 12.8 Å². The summed E-state index contributed by atoms with van der Waals surface area (Å²) in [5, 5.41) is 9.06. The van der Waals surface area contributed by atoms with Crippen molar-refractivity contribution < 1.29 is 19.4 Å². The third kappa shape index (κ3) is 5.59. The molecule has 0 aliphatic carbocycles. The highest BCUT2D eigenvalue weighted by Gasteiger charge is 2.28. The first kappa shape index (κ1) is 20.1. The summed E-state index contributed by atoms with van der Waals surface area (Å²) in [4.78, 5) is 36.2. The molecule has 4 N–H and O–H groups in total. The van der Waals surface area contributed by atoms with E-state index in [0.717, 1.165) is 0 Å². The van der Waals surface area contributed by atoms with Crippen molar-refractivity contribution in [3.63, 3.8) is 0 Å². The molecule has 0 radical (unpaired) electrons. The van der Waals surface area contributed by atoms with Gasteiger partial charge in [0.1, 0.15) is 12.8 Å². The highest BCUT2D eigenvalue weighted by Crippen LogP contribution is 2.27. The highest BCUT2D eigenvalue weighted by molar-refractivity contribution is 5.71. The molecule has 1 aliphatic rings. The number of esters is 1. The van der Waals surface area contributed by atoms with Crippen molar-refractivity contribution in [1.29, 1.82) is 0 Å². The molecule has 0 amide bonds. The lowest BCUT2D eigenvalue weighted by Gasteiger charge is -2.16. The Balaban J connectivity index is 0.000000891. The maximum atomic E-state index is 11.8. The molecule has 0 bridgehead atoms. The second-order valence-corrected chi connectivity index (χ2v) is 5.36. The van der Waals surface area contributed by atoms with E-state index in [1.165, 1.54) is 17.2 Å². The second-order valence-electron chi connectivity index (χ2n) is 5.36. The lowest BCUT2D eigenvalue weighted by atomic mass is 10.2. The standard InChI is InChI=1S/C12H17N3O6.C3H8/c13-3-10(17)20-6-8-1-2-9(21-8)15-4-7(5-16)11(18)14-12(15)19;1-3-2/h4,8-9,16H,1-3,5-6,13H2,(H,14,18,19);3H2,1-2H3. The maximum absolute atomic E-state index is 11.8. The van der Waals surface area contributed by atoms with Gasteiger partial charge in [0, 0.05) is 6.20 Å². The molecular formula is C15H25N3O6. The SMILES string of the molecule is CCC.NCC(=O)OCC1CCC(n2cc(CO)c(=O)[nH]c2=O)O1. The van der Waals surface area contributed by atoms with E-state index >= 15 is 0 Å². The molecule has 9 nitrogen and oxygen atoms in total. The number of nitrogens with two attached hydrogens (primary N) is 1. The number of nitrogens with zero attached hydrogens (tertiary/aromatic N) is 1. The number of aliphatic hydroxyl groups excluding tert-OH is 1. The molecule has 1 fully saturated rings. The van der Waals surface area contributed by atoms with Gasteiger partial charge in [0.05, 0.1) is 24.8 Å². The Morgan fingerprint density at radius 1 is 1.46 bits per heavy atom. The van der Waals surface area contributed by atoms with Crippen LogP contribution in [-0.4, -0.2) is 39.9 Å². The van der Waals surface area contributed by atoms with E-state index in [2.05, 4.69) is 18.8 Å². The minimum absolute atomic E-state index is 0.0670. The van der Waals surface area contributed by atoms with E-state index in [4.69, 9.17) is 20.3 Å². The van der Waals surface area contributed by atoms with Crippen LogP contribution < -0.4 is 17.0 Å². The first-order valence-electron chi connectivity index (χ1n) is 7.93. The Bertz CT molecular complexity index is 639. The van der Waals surface area contributed by atoms with Crippen LogP contribution in [0.1, 0.15) is 44.9 Å². The van der Waals surface area contributed by atoms with Crippen LogP contribution in [0.2, 0.25) is 0 Å². The van der Waals surface area contributed by atoms with Gasteiger partial charge in [-0.25, -0.2) is 4.79 Å². The average Bonchev–Trinajstić information content (AvgIpc) is 3.02. The monoisotopic (exact) mass is 343 g/mol. The number of H-pyrrole nitrogens is 1. The minimum atomic E-state index is -0.620. The molecule has 2 heterocycles. The van der Waals surface area contributed by atoms with E-state index in [1.54, 1.807) is 0 Å². The number of aromatic amines is 1. The second kappa shape index (κ2) is 10.0. The summed E-state index contributed by atoms with van der Waals surface area (Å²) >= 11 is 0. The molecule has 24 heavy (non-hydrogen) atoms. The average molecular weight is 343 g/mol. The minimum Gasteiger partial charge on any atom is -0.462 e. The van der Waals surface area contributed by atoms with Gasteiger partial charge in [-0.3, -0.25) is 19.1 Å². The van der Waals surface area contributed by atoms with Crippen molar-refractivity contribution in [3.05, 3.63) is 32.6 Å². The van der Waals surface area contributed by atoms with Gasteiger partial charge in [-0.15, -0.1) is 0 Å². The van der Waals surface area contributed by atoms with E-state index in [0.29, 0.717) is 12.8 Å². The van der Waals surface area contributed by atoms with Crippen LogP contribution in [0.3, 0.4) is 0 Å². The van der Waals surface area contributed by atoms with Gasteiger partial charge in [-0.1, -0.05) is 20.3 Å². The van der Waals surface area contributed by atoms with Crippen LogP contribution in [0.25, 0.3) is 0 Å².